The predicted molar refractivity (Wildman–Crippen MR) is 72.3 cm³/mol. The third-order valence-corrected chi connectivity index (χ3v) is 2.60. The Hall–Kier alpha value is -2.69. The summed E-state index contributed by atoms with van der Waals surface area (Å²) in [6.45, 7) is 1.30. The fourth-order valence-corrected chi connectivity index (χ4v) is 1.74. The summed E-state index contributed by atoms with van der Waals surface area (Å²) < 4.78 is 9.80. The van der Waals surface area contributed by atoms with Gasteiger partial charge in [0.2, 0.25) is 0 Å². The number of carbonyl (C=O) groups excluding carboxylic acids is 2. The van der Waals surface area contributed by atoms with Gasteiger partial charge in [0, 0.05) is 18.7 Å². The Morgan fingerprint density at radius 3 is 2.55 bits per heavy atom. The molecule has 0 spiro atoms. The smallest absolute Gasteiger partial charge is 0.337 e. The minimum Gasteiger partial charge on any atom is -0.465 e. The molecule has 2 rings (SSSR count). The second kappa shape index (κ2) is 5.97. The third-order valence-electron chi connectivity index (χ3n) is 2.60. The molecule has 102 valence electrons. The molecule has 1 heterocycles. The van der Waals surface area contributed by atoms with E-state index in [9.17, 15) is 9.59 Å². The molecule has 20 heavy (non-hydrogen) atoms. The molecule has 5 nitrogen and oxygen atoms in total. The van der Waals surface area contributed by atoms with Gasteiger partial charge in [-0.05, 0) is 30.3 Å². The highest BCUT2D eigenvalue weighted by Crippen LogP contribution is 2.30. The minimum atomic E-state index is -0.494. The highest BCUT2D eigenvalue weighted by molar-refractivity contribution is 5.91. The van der Waals surface area contributed by atoms with Crippen molar-refractivity contribution in [1.29, 1.82) is 0 Å². The zero-order chi connectivity index (χ0) is 14.5. The van der Waals surface area contributed by atoms with Gasteiger partial charge in [0.15, 0.2) is 0 Å². The van der Waals surface area contributed by atoms with E-state index in [1.165, 1.54) is 20.1 Å². The van der Waals surface area contributed by atoms with Gasteiger partial charge in [-0.15, -0.1) is 0 Å². The number of carbonyl (C=O) groups is 2. The van der Waals surface area contributed by atoms with Gasteiger partial charge in [-0.3, -0.25) is 9.78 Å². The normalized spacial score (nSPS) is 9.90. The maximum atomic E-state index is 11.5. The summed E-state index contributed by atoms with van der Waals surface area (Å²) in [6.07, 6.45) is 1.64. The van der Waals surface area contributed by atoms with Crippen LogP contribution in [0.4, 0.5) is 0 Å². The fourth-order valence-electron chi connectivity index (χ4n) is 1.74. The van der Waals surface area contributed by atoms with E-state index in [0.29, 0.717) is 16.8 Å². The molecule has 0 bridgehead atoms. The number of benzene rings is 1. The van der Waals surface area contributed by atoms with Crippen LogP contribution in [-0.2, 0) is 9.53 Å². The van der Waals surface area contributed by atoms with Crippen molar-refractivity contribution < 1.29 is 19.1 Å². The van der Waals surface area contributed by atoms with Gasteiger partial charge in [0.25, 0.3) is 0 Å². The number of methoxy groups -OCH3 is 1. The Morgan fingerprint density at radius 2 is 1.95 bits per heavy atom. The van der Waals surface area contributed by atoms with Crippen LogP contribution in [0.3, 0.4) is 0 Å². The van der Waals surface area contributed by atoms with Gasteiger partial charge in [-0.1, -0.05) is 6.07 Å². The van der Waals surface area contributed by atoms with E-state index in [0.717, 1.165) is 0 Å². The lowest BCUT2D eigenvalue weighted by Gasteiger charge is -2.10. The van der Waals surface area contributed by atoms with Crippen molar-refractivity contribution >= 4 is 11.9 Å². The second-order valence-corrected chi connectivity index (χ2v) is 4.01. The maximum absolute atomic E-state index is 11.5. The molecule has 0 fully saturated rings. The van der Waals surface area contributed by atoms with Crippen LogP contribution in [0.2, 0.25) is 0 Å². The molecule has 1 aromatic carbocycles. The zero-order valence-electron chi connectivity index (χ0n) is 11.1. The topological polar surface area (TPSA) is 65.5 Å². The summed E-state index contributed by atoms with van der Waals surface area (Å²) in [6, 6.07) is 10.2. The lowest BCUT2D eigenvalue weighted by Crippen LogP contribution is -2.06. The number of rotatable bonds is 3. The molecular formula is C15H13NO4. The quantitative estimate of drug-likeness (QED) is 0.633. The highest BCUT2D eigenvalue weighted by atomic mass is 16.5. The number of hydrogen-bond donors (Lipinski definition) is 0. The second-order valence-electron chi connectivity index (χ2n) is 4.01. The predicted octanol–water partition coefficient (Wildman–Crippen LogP) is 2.46. The fraction of sp³-hybridized carbons (Fsp3) is 0.133. The Morgan fingerprint density at radius 1 is 1.15 bits per heavy atom. The first-order valence-electron chi connectivity index (χ1n) is 5.94. The monoisotopic (exact) mass is 271 g/mol. The van der Waals surface area contributed by atoms with Gasteiger partial charge in [0.05, 0.1) is 18.4 Å². The van der Waals surface area contributed by atoms with Crippen molar-refractivity contribution in [3.63, 3.8) is 0 Å². The van der Waals surface area contributed by atoms with Gasteiger partial charge in [-0.2, -0.15) is 0 Å². The van der Waals surface area contributed by atoms with Gasteiger partial charge >= 0.3 is 11.9 Å². The molecule has 5 heteroatoms. The molecule has 0 N–H and O–H groups in total. The van der Waals surface area contributed by atoms with Crippen molar-refractivity contribution in [2.75, 3.05) is 7.11 Å². The molecule has 0 aliphatic rings. The van der Waals surface area contributed by atoms with E-state index in [2.05, 4.69) is 9.72 Å². The standard InChI is InChI=1S/C15H13NO4/c1-10(17)20-14-9-11(15(18)19-2)6-7-12(14)13-5-3-4-8-16-13/h3-9H,1-2H3. The summed E-state index contributed by atoms with van der Waals surface area (Å²) >= 11 is 0. The maximum Gasteiger partial charge on any atom is 0.337 e. The summed E-state index contributed by atoms with van der Waals surface area (Å²) in [4.78, 5) is 26.9. The first-order chi connectivity index (χ1) is 9.61. The number of esters is 2. The first kappa shape index (κ1) is 13.7. The summed E-state index contributed by atoms with van der Waals surface area (Å²) in [5.41, 5.74) is 1.59. The van der Waals surface area contributed by atoms with Crippen LogP contribution < -0.4 is 4.74 Å². The SMILES string of the molecule is COC(=O)c1ccc(-c2ccccn2)c(OC(C)=O)c1. The van der Waals surface area contributed by atoms with Crippen LogP contribution in [0.25, 0.3) is 11.3 Å². The van der Waals surface area contributed by atoms with E-state index < -0.39 is 11.9 Å². The van der Waals surface area contributed by atoms with Crippen LogP contribution in [-0.4, -0.2) is 24.0 Å². The average molecular weight is 271 g/mol. The van der Waals surface area contributed by atoms with E-state index >= 15 is 0 Å². The zero-order valence-corrected chi connectivity index (χ0v) is 11.1. The molecule has 0 aliphatic heterocycles. The van der Waals surface area contributed by atoms with Gasteiger partial charge in [-0.25, -0.2) is 4.79 Å². The Kier molecular flexibility index (Phi) is 4.10. The Labute approximate surface area is 116 Å². The number of ether oxygens (including phenoxy) is 2. The van der Waals surface area contributed by atoms with Crippen molar-refractivity contribution in [1.82, 2.24) is 4.98 Å². The van der Waals surface area contributed by atoms with E-state index in [1.54, 1.807) is 30.5 Å². The first-order valence-corrected chi connectivity index (χ1v) is 5.94. The minimum absolute atomic E-state index is 0.277. The molecule has 0 radical (unpaired) electrons. The van der Waals surface area contributed by atoms with Crippen LogP contribution in [0, 0.1) is 0 Å². The van der Waals surface area contributed by atoms with Crippen LogP contribution in [0.15, 0.2) is 42.6 Å². The summed E-state index contributed by atoms with van der Waals surface area (Å²) in [7, 11) is 1.29. The summed E-state index contributed by atoms with van der Waals surface area (Å²) in [5, 5.41) is 0. The van der Waals surface area contributed by atoms with Crippen molar-refractivity contribution in [2.45, 2.75) is 6.92 Å². The van der Waals surface area contributed by atoms with Crippen LogP contribution in [0.5, 0.6) is 5.75 Å². The molecule has 0 amide bonds. The number of nitrogens with zero attached hydrogens (tertiary/aromatic N) is 1. The lowest BCUT2D eigenvalue weighted by atomic mass is 10.1. The molecule has 0 unspecified atom stereocenters. The number of pyridine rings is 1. The van der Waals surface area contributed by atoms with Gasteiger partial charge < -0.3 is 9.47 Å². The molecule has 2 aromatic rings. The molecule has 0 saturated carbocycles. The number of hydrogen-bond acceptors (Lipinski definition) is 5. The molecule has 0 atom stereocenters. The lowest BCUT2D eigenvalue weighted by molar-refractivity contribution is -0.131. The van der Waals surface area contributed by atoms with Crippen molar-refractivity contribution in [2.24, 2.45) is 0 Å². The van der Waals surface area contributed by atoms with E-state index in [1.807, 2.05) is 6.07 Å². The molecule has 0 aliphatic carbocycles. The summed E-state index contributed by atoms with van der Waals surface area (Å²) in [5.74, 6) is -0.686. The van der Waals surface area contributed by atoms with Crippen LogP contribution in [0.1, 0.15) is 17.3 Å². The van der Waals surface area contributed by atoms with Crippen molar-refractivity contribution in [3.05, 3.63) is 48.2 Å². The van der Waals surface area contributed by atoms with Crippen LogP contribution >= 0.6 is 0 Å². The Balaban J connectivity index is 2.51. The highest BCUT2D eigenvalue weighted by Gasteiger charge is 2.14. The van der Waals surface area contributed by atoms with Gasteiger partial charge in [0.1, 0.15) is 5.75 Å². The van der Waals surface area contributed by atoms with E-state index in [4.69, 9.17) is 4.74 Å². The average Bonchev–Trinajstić information content (AvgIpc) is 2.46. The Bertz CT molecular complexity index is 638. The third kappa shape index (κ3) is 3.00. The van der Waals surface area contributed by atoms with E-state index in [-0.39, 0.29) is 5.75 Å². The molecule has 0 saturated heterocycles. The number of aromatic nitrogens is 1. The van der Waals surface area contributed by atoms with Crippen molar-refractivity contribution in [3.8, 4) is 17.0 Å². The molecule has 1 aromatic heterocycles. The molecular weight excluding hydrogens is 258 g/mol. The largest absolute Gasteiger partial charge is 0.465 e.